The van der Waals surface area contributed by atoms with Crippen molar-refractivity contribution < 1.29 is 4.74 Å². The highest BCUT2D eigenvalue weighted by Gasteiger charge is 2.21. The number of rotatable bonds is 3. The second-order valence-electron chi connectivity index (χ2n) is 5.03. The van der Waals surface area contributed by atoms with Gasteiger partial charge in [0.05, 0.1) is 6.61 Å². The van der Waals surface area contributed by atoms with Gasteiger partial charge in [0.1, 0.15) is 5.75 Å². The second kappa shape index (κ2) is 5.45. The van der Waals surface area contributed by atoms with E-state index in [0.717, 1.165) is 31.7 Å². The van der Waals surface area contributed by atoms with Crippen LogP contribution in [-0.2, 0) is 0 Å². The van der Waals surface area contributed by atoms with E-state index < -0.39 is 0 Å². The monoisotopic (exact) mass is 253 g/mol. The summed E-state index contributed by atoms with van der Waals surface area (Å²) < 4.78 is 5.75. The van der Waals surface area contributed by atoms with E-state index in [2.05, 4.69) is 42.5 Å². The third-order valence-electron chi connectivity index (χ3n) is 3.80. The molecular weight excluding hydrogens is 234 g/mol. The summed E-state index contributed by atoms with van der Waals surface area (Å²) in [4.78, 5) is 0. The van der Waals surface area contributed by atoms with Crippen LogP contribution in [0.3, 0.4) is 0 Å². The van der Waals surface area contributed by atoms with Crippen LogP contribution in [-0.4, -0.2) is 13.2 Å². The van der Waals surface area contributed by atoms with Crippen LogP contribution in [0.25, 0.3) is 11.1 Å². The van der Waals surface area contributed by atoms with E-state index in [4.69, 9.17) is 10.5 Å². The number of hydrogen-bond donors (Lipinski definition) is 1. The lowest BCUT2D eigenvalue weighted by atomic mass is 9.88. The first-order valence-electron chi connectivity index (χ1n) is 6.90. The molecule has 98 valence electrons. The number of ether oxygens (including phenoxy) is 1. The van der Waals surface area contributed by atoms with E-state index >= 15 is 0 Å². The SMILES string of the molecule is NCCC1CCOc2ccc(-c3ccccc3)cc21. The van der Waals surface area contributed by atoms with E-state index in [1.54, 1.807) is 0 Å². The highest BCUT2D eigenvalue weighted by molar-refractivity contribution is 5.66. The molecule has 2 heteroatoms. The minimum absolute atomic E-state index is 0.539. The van der Waals surface area contributed by atoms with Gasteiger partial charge in [-0.2, -0.15) is 0 Å². The zero-order valence-electron chi connectivity index (χ0n) is 11.0. The second-order valence-corrected chi connectivity index (χ2v) is 5.03. The Hall–Kier alpha value is -1.80. The van der Waals surface area contributed by atoms with Crippen molar-refractivity contribution >= 4 is 0 Å². The summed E-state index contributed by atoms with van der Waals surface area (Å²) in [5, 5.41) is 0. The predicted octanol–water partition coefficient (Wildman–Crippen LogP) is 3.57. The Morgan fingerprint density at radius 3 is 2.68 bits per heavy atom. The largest absolute Gasteiger partial charge is 0.493 e. The van der Waals surface area contributed by atoms with Crippen LogP contribution in [0.2, 0.25) is 0 Å². The molecule has 1 unspecified atom stereocenters. The van der Waals surface area contributed by atoms with Crippen molar-refractivity contribution in [2.24, 2.45) is 5.73 Å². The zero-order valence-corrected chi connectivity index (χ0v) is 11.0. The van der Waals surface area contributed by atoms with Crippen LogP contribution in [0.4, 0.5) is 0 Å². The topological polar surface area (TPSA) is 35.2 Å². The molecule has 2 aromatic carbocycles. The third kappa shape index (κ3) is 2.49. The summed E-state index contributed by atoms with van der Waals surface area (Å²) in [7, 11) is 0. The highest BCUT2D eigenvalue weighted by atomic mass is 16.5. The molecule has 0 radical (unpaired) electrons. The van der Waals surface area contributed by atoms with Crippen molar-refractivity contribution in [3.05, 3.63) is 54.1 Å². The molecule has 3 rings (SSSR count). The minimum Gasteiger partial charge on any atom is -0.493 e. The van der Waals surface area contributed by atoms with E-state index in [-0.39, 0.29) is 0 Å². The summed E-state index contributed by atoms with van der Waals surface area (Å²) in [6.45, 7) is 1.54. The van der Waals surface area contributed by atoms with Crippen LogP contribution in [0.15, 0.2) is 48.5 Å². The fourth-order valence-corrected chi connectivity index (χ4v) is 2.78. The molecule has 0 fully saturated rings. The molecule has 19 heavy (non-hydrogen) atoms. The number of hydrogen-bond acceptors (Lipinski definition) is 2. The van der Waals surface area contributed by atoms with Crippen LogP contribution >= 0.6 is 0 Å². The smallest absolute Gasteiger partial charge is 0.122 e. The average Bonchev–Trinajstić information content (AvgIpc) is 2.48. The van der Waals surface area contributed by atoms with E-state index in [1.165, 1.54) is 16.7 Å². The lowest BCUT2D eigenvalue weighted by Crippen LogP contribution is -2.17. The summed E-state index contributed by atoms with van der Waals surface area (Å²) in [6.07, 6.45) is 2.11. The third-order valence-corrected chi connectivity index (χ3v) is 3.80. The van der Waals surface area contributed by atoms with Gasteiger partial charge in [0.2, 0.25) is 0 Å². The Bertz CT molecular complexity index is 550. The molecule has 0 spiro atoms. The minimum atomic E-state index is 0.539. The van der Waals surface area contributed by atoms with Gasteiger partial charge >= 0.3 is 0 Å². The van der Waals surface area contributed by atoms with E-state index in [9.17, 15) is 0 Å². The lowest BCUT2D eigenvalue weighted by Gasteiger charge is -2.26. The maximum atomic E-state index is 5.75. The molecule has 1 atom stereocenters. The van der Waals surface area contributed by atoms with Gasteiger partial charge in [-0.3, -0.25) is 0 Å². The quantitative estimate of drug-likeness (QED) is 0.907. The summed E-state index contributed by atoms with van der Waals surface area (Å²) in [5.74, 6) is 1.57. The molecule has 0 saturated heterocycles. The van der Waals surface area contributed by atoms with Gasteiger partial charge in [0, 0.05) is 0 Å². The molecule has 2 nitrogen and oxygen atoms in total. The standard InChI is InChI=1S/C17H19NO/c18-10-8-14-9-11-19-17-7-6-15(12-16(14)17)13-4-2-1-3-5-13/h1-7,12,14H,8-11,18H2. The van der Waals surface area contributed by atoms with Gasteiger partial charge in [-0.1, -0.05) is 36.4 Å². The van der Waals surface area contributed by atoms with Crippen LogP contribution in [0.5, 0.6) is 5.75 Å². The molecule has 1 aliphatic heterocycles. The molecule has 0 saturated carbocycles. The molecule has 0 amide bonds. The summed E-state index contributed by atoms with van der Waals surface area (Å²) in [6, 6.07) is 17.0. The zero-order chi connectivity index (χ0) is 13.1. The maximum Gasteiger partial charge on any atom is 0.122 e. The Kier molecular flexibility index (Phi) is 3.51. The van der Waals surface area contributed by atoms with Gasteiger partial charge in [-0.15, -0.1) is 0 Å². The Morgan fingerprint density at radius 2 is 1.89 bits per heavy atom. The Morgan fingerprint density at radius 1 is 1.05 bits per heavy atom. The molecule has 2 N–H and O–H groups in total. The van der Waals surface area contributed by atoms with Crippen molar-refractivity contribution in [1.29, 1.82) is 0 Å². The molecule has 0 aromatic heterocycles. The first-order chi connectivity index (χ1) is 9.38. The first kappa shape index (κ1) is 12.2. The van der Waals surface area contributed by atoms with Crippen LogP contribution < -0.4 is 10.5 Å². The fourth-order valence-electron chi connectivity index (χ4n) is 2.78. The van der Waals surface area contributed by atoms with Crippen LogP contribution in [0.1, 0.15) is 24.3 Å². The Balaban J connectivity index is 2.00. The first-order valence-corrected chi connectivity index (χ1v) is 6.90. The Labute approximate surface area is 114 Å². The summed E-state index contributed by atoms with van der Waals surface area (Å²) in [5.41, 5.74) is 9.55. The number of nitrogens with two attached hydrogens (primary N) is 1. The van der Waals surface area contributed by atoms with Gasteiger partial charge in [-0.05, 0) is 54.1 Å². The van der Waals surface area contributed by atoms with E-state index in [0.29, 0.717) is 5.92 Å². The molecule has 2 aromatic rings. The van der Waals surface area contributed by atoms with E-state index in [1.807, 2.05) is 6.07 Å². The molecule has 0 bridgehead atoms. The lowest BCUT2D eigenvalue weighted by molar-refractivity contribution is 0.264. The van der Waals surface area contributed by atoms with Gasteiger partial charge in [0.25, 0.3) is 0 Å². The fraction of sp³-hybridized carbons (Fsp3) is 0.294. The van der Waals surface area contributed by atoms with Crippen molar-refractivity contribution in [3.63, 3.8) is 0 Å². The summed E-state index contributed by atoms with van der Waals surface area (Å²) >= 11 is 0. The molecule has 1 aliphatic rings. The van der Waals surface area contributed by atoms with Crippen molar-refractivity contribution in [3.8, 4) is 16.9 Å². The average molecular weight is 253 g/mol. The molecule has 1 heterocycles. The van der Waals surface area contributed by atoms with Gasteiger partial charge in [0.15, 0.2) is 0 Å². The van der Waals surface area contributed by atoms with Crippen molar-refractivity contribution in [2.75, 3.05) is 13.2 Å². The van der Waals surface area contributed by atoms with Crippen LogP contribution in [0, 0.1) is 0 Å². The predicted molar refractivity (Wildman–Crippen MR) is 78.4 cm³/mol. The maximum absolute atomic E-state index is 5.75. The van der Waals surface area contributed by atoms with Crippen molar-refractivity contribution in [2.45, 2.75) is 18.8 Å². The van der Waals surface area contributed by atoms with Gasteiger partial charge in [-0.25, -0.2) is 0 Å². The molecular formula is C17H19NO. The number of benzene rings is 2. The van der Waals surface area contributed by atoms with Crippen molar-refractivity contribution in [1.82, 2.24) is 0 Å². The molecule has 0 aliphatic carbocycles. The number of fused-ring (bicyclic) bond motifs is 1. The van der Waals surface area contributed by atoms with Gasteiger partial charge < -0.3 is 10.5 Å². The highest BCUT2D eigenvalue weighted by Crippen LogP contribution is 2.38. The normalized spacial score (nSPS) is 17.6.